The Balaban J connectivity index is 2.00. The second kappa shape index (κ2) is 5.37. The van der Waals surface area contributed by atoms with Crippen LogP contribution in [0.4, 0.5) is 0 Å². The number of likely N-dealkylation sites (tertiary alicyclic amines) is 1. The molecule has 1 fully saturated rings. The highest BCUT2D eigenvalue weighted by Gasteiger charge is 2.34. The molecular formula is C15H22N2S. The standard InChI is InChI=1S/C15H22N2S/c1-12(13-6-4-3-5-7-13)17-10-8-15(2,9-11-17)14(16)18/h3-7,12H,8-11H2,1-2H3,(H2,16,18). The van der Waals surface area contributed by atoms with E-state index in [4.69, 9.17) is 18.0 Å². The van der Waals surface area contributed by atoms with Gasteiger partial charge in [0, 0.05) is 11.5 Å². The minimum Gasteiger partial charge on any atom is -0.393 e. The van der Waals surface area contributed by atoms with Gasteiger partial charge in [-0.15, -0.1) is 0 Å². The molecule has 0 aliphatic carbocycles. The summed E-state index contributed by atoms with van der Waals surface area (Å²) in [6.07, 6.45) is 2.14. The third-order valence-corrected chi connectivity index (χ3v) is 4.82. The number of hydrogen-bond donors (Lipinski definition) is 1. The molecule has 0 radical (unpaired) electrons. The van der Waals surface area contributed by atoms with Gasteiger partial charge in [-0.3, -0.25) is 4.90 Å². The monoisotopic (exact) mass is 262 g/mol. The van der Waals surface area contributed by atoms with Crippen LogP contribution < -0.4 is 5.73 Å². The predicted octanol–water partition coefficient (Wildman–Crippen LogP) is 3.14. The lowest BCUT2D eigenvalue weighted by Crippen LogP contribution is -2.45. The highest BCUT2D eigenvalue weighted by molar-refractivity contribution is 7.80. The summed E-state index contributed by atoms with van der Waals surface area (Å²) in [6, 6.07) is 11.2. The molecule has 0 bridgehead atoms. The number of thiocarbonyl (C=S) groups is 1. The molecule has 2 N–H and O–H groups in total. The van der Waals surface area contributed by atoms with E-state index >= 15 is 0 Å². The smallest absolute Gasteiger partial charge is 0.0788 e. The van der Waals surface area contributed by atoms with Gasteiger partial charge >= 0.3 is 0 Å². The maximum absolute atomic E-state index is 5.85. The van der Waals surface area contributed by atoms with Crippen LogP contribution in [0.3, 0.4) is 0 Å². The molecule has 0 aromatic heterocycles. The fraction of sp³-hybridized carbons (Fsp3) is 0.533. The summed E-state index contributed by atoms with van der Waals surface area (Å²) in [5, 5.41) is 0. The fourth-order valence-electron chi connectivity index (χ4n) is 2.59. The Kier molecular flexibility index (Phi) is 4.03. The summed E-state index contributed by atoms with van der Waals surface area (Å²) in [5.74, 6) is 0. The highest BCUT2D eigenvalue weighted by atomic mass is 32.1. The van der Waals surface area contributed by atoms with Crippen molar-refractivity contribution in [1.82, 2.24) is 4.90 Å². The van der Waals surface area contributed by atoms with E-state index in [1.807, 2.05) is 0 Å². The average Bonchev–Trinajstić information content (AvgIpc) is 2.40. The molecule has 1 aliphatic rings. The number of nitrogens with zero attached hydrogens (tertiary/aromatic N) is 1. The van der Waals surface area contributed by atoms with Gasteiger partial charge in [-0.05, 0) is 38.4 Å². The number of hydrogen-bond acceptors (Lipinski definition) is 2. The first kappa shape index (κ1) is 13.5. The van der Waals surface area contributed by atoms with Crippen LogP contribution in [-0.2, 0) is 0 Å². The average molecular weight is 262 g/mol. The molecule has 18 heavy (non-hydrogen) atoms. The van der Waals surface area contributed by atoms with E-state index in [1.165, 1.54) is 5.56 Å². The van der Waals surface area contributed by atoms with Gasteiger partial charge < -0.3 is 5.73 Å². The first-order valence-corrected chi connectivity index (χ1v) is 7.03. The van der Waals surface area contributed by atoms with Crippen LogP contribution in [0.15, 0.2) is 30.3 Å². The zero-order valence-electron chi connectivity index (χ0n) is 11.2. The van der Waals surface area contributed by atoms with Crippen molar-refractivity contribution >= 4 is 17.2 Å². The van der Waals surface area contributed by atoms with Gasteiger partial charge in [0.05, 0.1) is 4.99 Å². The third kappa shape index (κ3) is 2.73. The van der Waals surface area contributed by atoms with Crippen molar-refractivity contribution in [3.63, 3.8) is 0 Å². The van der Waals surface area contributed by atoms with Crippen molar-refractivity contribution in [3.8, 4) is 0 Å². The van der Waals surface area contributed by atoms with Crippen molar-refractivity contribution < 1.29 is 0 Å². The van der Waals surface area contributed by atoms with E-state index < -0.39 is 0 Å². The van der Waals surface area contributed by atoms with E-state index in [0.717, 1.165) is 25.9 Å². The first-order chi connectivity index (χ1) is 8.53. The Labute approximate surface area is 115 Å². The predicted molar refractivity (Wildman–Crippen MR) is 80.6 cm³/mol. The van der Waals surface area contributed by atoms with Gasteiger partial charge in [0.15, 0.2) is 0 Å². The summed E-state index contributed by atoms with van der Waals surface area (Å²) in [7, 11) is 0. The SMILES string of the molecule is CC(c1ccccc1)N1CCC(C)(C(N)=S)CC1. The summed E-state index contributed by atoms with van der Waals surface area (Å²) >= 11 is 5.19. The Morgan fingerprint density at radius 1 is 1.28 bits per heavy atom. The van der Waals surface area contributed by atoms with Crippen LogP contribution in [0, 0.1) is 5.41 Å². The number of nitrogens with two attached hydrogens (primary N) is 1. The molecule has 98 valence electrons. The van der Waals surface area contributed by atoms with Crippen molar-refractivity contribution in [3.05, 3.63) is 35.9 Å². The van der Waals surface area contributed by atoms with Gasteiger partial charge in [-0.2, -0.15) is 0 Å². The van der Waals surface area contributed by atoms with Crippen LogP contribution in [0.25, 0.3) is 0 Å². The summed E-state index contributed by atoms with van der Waals surface area (Å²) < 4.78 is 0. The number of rotatable bonds is 3. The fourth-order valence-corrected chi connectivity index (χ4v) is 2.80. The second-order valence-electron chi connectivity index (χ2n) is 5.55. The minimum absolute atomic E-state index is 0.0578. The minimum atomic E-state index is 0.0578. The van der Waals surface area contributed by atoms with E-state index in [-0.39, 0.29) is 5.41 Å². The topological polar surface area (TPSA) is 29.3 Å². The van der Waals surface area contributed by atoms with Crippen molar-refractivity contribution in [2.45, 2.75) is 32.7 Å². The Hall–Kier alpha value is -0.930. The van der Waals surface area contributed by atoms with Crippen molar-refractivity contribution in [2.24, 2.45) is 11.1 Å². The van der Waals surface area contributed by atoms with E-state index in [0.29, 0.717) is 11.0 Å². The molecule has 2 nitrogen and oxygen atoms in total. The molecule has 1 aromatic rings. The summed E-state index contributed by atoms with van der Waals surface area (Å²) in [4.78, 5) is 3.20. The summed E-state index contributed by atoms with van der Waals surface area (Å²) in [5.41, 5.74) is 7.29. The van der Waals surface area contributed by atoms with Gasteiger partial charge in [-0.25, -0.2) is 0 Å². The molecular weight excluding hydrogens is 240 g/mol. The quantitative estimate of drug-likeness (QED) is 0.849. The molecule has 1 saturated heterocycles. The van der Waals surface area contributed by atoms with Crippen LogP contribution in [0.2, 0.25) is 0 Å². The molecule has 2 rings (SSSR count). The maximum Gasteiger partial charge on any atom is 0.0788 e. The molecule has 1 heterocycles. The van der Waals surface area contributed by atoms with E-state index in [1.54, 1.807) is 0 Å². The lowest BCUT2D eigenvalue weighted by molar-refractivity contribution is 0.125. The molecule has 0 saturated carbocycles. The van der Waals surface area contributed by atoms with Gasteiger partial charge in [0.2, 0.25) is 0 Å². The molecule has 1 atom stereocenters. The van der Waals surface area contributed by atoms with Gasteiger partial charge in [0.25, 0.3) is 0 Å². The molecule has 0 spiro atoms. The Morgan fingerprint density at radius 2 is 1.83 bits per heavy atom. The van der Waals surface area contributed by atoms with Crippen LogP contribution in [0.5, 0.6) is 0 Å². The van der Waals surface area contributed by atoms with Gasteiger partial charge in [-0.1, -0.05) is 49.5 Å². The van der Waals surface area contributed by atoms with Crippen LogP contribution >= 0.6 is 12.2 Å². The maximum atomic E-state index is 5.85. The zero-order valence-corrected chi connectivity index (χ0v) is 12.0. The van der Waals surface area contributed by atoms with E-state index in [2.05, 4.69) is 49.1 Å². The molecule has 1 aliphatic heterocycles. The third-order valence-electron chi connectivity index (χ3n) is 4.33. The zero-order chi connectivity index (χ0) is 13.2. The number of piperidine rings is 1. The lowest BCUT2D eigenvalue weighted by atomic mass is 9.80. The Morgan fingerprint density at radius 3 is 2.33 bits per heavy atom. The van der Waals surface area contributed by atoms with E-state index in [9.17, 15) is 0 Å². The normalized spacial score (nSPS) is 21.4. The van der Waals surface area contributed by atoms with Gasteiger partial charge in [0.1, 0.15) is 0 Å². The second-order valence-corrected chi connectivity index (χ2v) is 5.99. The lowest BCUT2D eigenvalue weighted by Gasteiger charge is -2.41. The van der Waals surface area contributed by atoms with Crippen LogP contribution in [0.1, 0.15) is 38.3 Å². The molecule has 1 unspecified atom stereocenters. The van der Waals surface area contributed by atoms with Crippen molar-refractivity contribution in [1.29, 1.82) is 0 Å². The summed E-state index contributed by atoms with van der Waals surface area (Å²) in [6.45, 7) is 6.62. The largest absolute Gasteiger partial charge is 0.393 e. The molecule has 3 heteroatoms. The highest BCUT2D eigenvalue weighted by Crippen LogP contribution is 2.34. The van der Waals surface area contributed by atoms with Crippen molar-refractivity contribution in [2.75, 3.05) is 13.1 Å². The van der Waals surface area contributed by atoms with Crippen LogP contribution in [-0.4, -0.2) is 23.0 Å². The first-order valence-electron chi connectivity index (χ1n) is 6.62. The molecule has 1 aromatic carbocycles. The number of benzene rings is 1. The molecule has 0 amide bonds. The Bertz CT molecular complexity index is 408.